The number of nitrogens with zero attached hydrogens (tertiary/aromatic N) is 2. The van der Waals surface area contributed by atoms with Crippen LogP contribution in [0.2, 0.25) is 5.02 Å². The highest BCUT2D eigenvalue weighted by molar-refractivity contribution is 7.92. The first-order chi connectivity index (χ1) is 16.7. The second-order valence-corrected chi connectivity index (χ2v) is 10.2. The van der Waals surface area contributed by atoms with Gasteiger partial charge in [0.2, 0.25) is 11.8 Å². The molecule has 9 heteroatoms. The molecule has 0 aliphatic rings. The molecule has 0 aromatic heterocycles. The Morgan fingerprint density at radius 3 is 2.17 bits per heavy atom. The predicted octanol–water partition coefficient (Wildman–Crippen LogP) is 4.09. The molecule has 0 saturated carbocycles. The number of benzene rings is 3. The van der Waals surface area contributed by atoms with Crippen molar-refractivity contribution in [3.8, 4) is 0 Å². The molecule has 0 fully saturated rings. The molecule has 1 unspecified atom stereocenters. The molecule has 184 valence electrons. The van der Waals surface area contributed by atoms with Gasteiger partial charge in [-0.1, -0.05) is 60.1 Å². The lowest BCUT2D eigenvalue weighted by Crippen LogP contribution is -2.51. The van der Waals surface area contributed by atoms with E-state index in [0.29, 0.717) is 17.3 Å². The maximum absolute atomic E-state index is 13.7. The normalized spacial score (nSPS) is 12.0. The molecular formula is C26H28ClN3O4S. The van der Waals surface area contributed by atoms with Crippen molar-refractivity contribution >= 4 is 39.1 Å². The van der Waals surface area contributed by atoms with E-state index < -0.39 is 28.5 Å². The summed E-state index contributed by atoms with van der Waals surface area (Å²) in [4.78, 5) is 27.7. The van der Waals surface area contributed by atoms with Gasteiger partial charge in [0, 0.05) is 18.1 Å². The molecule has 2 amide bonds. The Morgan fingerprint density at radius 2 is 1.57 bits per heavy atom. The summed E-state index contributed by atoms with van der Waals surface area (Å²) in [5.74, 6) is -0.854. The second-order valence-electron chi connectivity index (χ2n) is 7.88. The maximum Gasteiger partial charge on any atom is 0.264 e. The second kappa shape index (κ2) is 11.9. The molecule has 0 heterocycles. The van der Waals surface area contributed by atoms with Crippen LogP contribution in [0.25, 0.3) is 0 Å². The van der Waals surface area contributed by atoms with Crippen LogP contribution >= 0.6 is 11.6 Å². The zero-order valence-corrected chi connectivity index (χ0v) is 21.2. The molecule has 0 saturated heterocycles. The molecule has 0 bridgehead atoms. The number of likely N-dealkylation sites (N-methyl/N-ethyl adjacent to an activating group) is 1. The first kappa shape index (κ1) is 26.2. The van der Waals surface area contributed by atoms with E-state index in [-0.39, 0.29) is 17.3 Å². The first-order valence-corrected chi connectivity index (χ1v) is 13.0. The lowest BCUT2D eigenvalue weighted by Gasteiger charge is -2.32. The fourth-order valence-corrected chi connectivity index (χ4v) is 5.23. The number of halogens is 1. The van der Waals surface area contributed by atoms with Gasteiger partial charge in [-0.15, -0.1) is 0 Å². The molecule has 3 rings (SSSR count). The van der Waals surface area contributed by atoms with E-state index in [2.05, 4.69) is 5.32 Å². The van der Waals surface area contributed by atoms with Gasteiger partial charge >= 0.3 is 0 Å². The minimum Gasteiger partial charge on any atom is -0.355 e. The van der Waals surface area contributed by atoms with Gasteiger partial charge in [0.1, 0.15) is 12.6 Å². The highest BCUT2D eigenvalue weighted by atomic mass is 35.5. The van der Waals surface area contributed by atoms with Crippen molar-refractivity contribution in [1.29, 1.82) is 0 Å². The molecule has 0 spiro atoms. The number of carbonyl (C=O) groups is 2. The van der Waals surface area contributed by atoms with Gasteiger partial charge in [-0.2, -0.15) is 0 Å². The number of rotatable bonds is 10. The van der Waals surface area contributed by atoms with Gasteiger partial charge in [-0.25, -0.2) is 8.42 Å². The molecule has 35 heavy (non-hydrogen) atoms. The van der Waals surface area contributed by atoms with Crippen molar-refractivity contribution in [3.05, 3.63) is 95.5 Å². The average Bonchev–Trinajstić information content (AvgIpc) is 2.86. The Kier molecular flexibility index (Phi) is 8.89. The summed E-state index contributed by atoms with van der Waals surface area (Å²) >= 11 is 6.12. The minimum absolute atomic E-state index is 0.0646. The van der Waals surface area contributed by atoms with E-state index in [1.807, 2.05) is 0 Å². The van der Waals surface area contributed by atoms with Crippen LogP contribution in [0, 0.1) is 0 Å². The van der Waals surface area contributed by atoms with Crippen molar-refractivity contribution in [1.82, 2.24) is 10.2 Å². The maximum atomic E-state index is 13.7. The lowest BCUT2D eigenvalue weighted by atomic mass is 10.1. The van der Waals surface area contributed by atoms with Crippen LogP contribution in [0.5, 0.6) is 0 Å². The third kappa shape index (κ3) is 6.61. The lowest BCUT2D eigenvalue weighted by molar-refractivity contribution is -0.139. The van der Waals surface area contributed by atoms with E-state index >= 15 is 0 Å². The number of anilines is 1. The quantitative estimate of drug-likeness (QED) is 0.442. The number of sulfonamides is 1. The van der Waals surface area contributed by atoms with Gasteiger partial charge in [0.25, 0.3) is 10.0 Å². The van der Waals surface area contributed by atoms with E-state index in [0.717, 1.165) is 9.87 Å². The summed E-state index contributed by atoms with van der Waals surface area (Å²) in [6, 6.07) is 22.5. The van der Waals surface area contributed by atoms with Crippen LogP contribution < -0.4 is 9.62 Å². The Balaban J connectivity index is 1.99. The van der Waals surface area contributed by atoms with Gasteiger partial charge in [-0.05, 0) is 55.8 Å². The Bertz CT molecular complexity index is 1250. The van der Waals surface area contributed by atoms with E-state index in [1.165, 1.54) is 17.0 Å². The van der Waals surface area contributed by atoms with Gasteiger partial charge in [0.15, 0.2) is 0 Å². The van der Waals surface area contributed by atoms with Crippen molar-refractivity contribution in [2.75, 3.05) is 17.4 Å². The summed E-state index contributed by atoms with van der Waals surface area (Å²) < 4.78 is 28.2. The van der Waals surface area contributed by atoms with Crippen LogP contribution in [-0.2, 0) is 26.2 Å². The van der Waals surface area contributed by atoms with Gasteiger partial charge in [-0.3, -0.25) is 13.9 Å². The fourth-order valence-electron chi connectivity index (χ4n) is 3.58. The number of carbonyl (C=O) groups excluding carboxylic acids is 2. The molecule has 0 aliphatic carbocycles. The van der Waals surface area contributed by atoms with Gasteiger partial charge < -0.3 is 10.2 Å². The van der Waals surface area contributed by atoms with Crippen molar-refractivity contribution in [2.45, 2.75) is 31.3 Å². The smallest absolute Gasteiger partial charge is 0.264 e. The van der Waals surface area contributed by atoms with Crippen molar-refractivity contribution < 1.29 is 18.0 Å². The van der Waals surface area contributed by atoms with Crippen LogP contribution in [0.15, 0.2) is 89.8 Å². The number of hydrogen-bond donors (Lipinski definition) is 1. The predicted molar refractivity (Wildman–Crippen MR) is 138 cm³/mol. The third-order valence-corrected chi connectivity index (χ3v) is 7.44. The highest BCUT2D eigenvalue weighted by Crippen LogP contribution is 2.24. The molecule has 1 N–H and O–H groups in total. The van der Waals surface area contributed by atoms with E-state index in [1.54, 1.807) is 86.6 Å². The Morgan fingerprint density at radius 1 is 0.943 bits per heavy atom. The topological polar surface area (TPSA) is 86.8 Å². The largest absolute Gasteiger partial charge is 0.355 e. The van der Waals surface area contributed by atoms with Crippen LogP contribution in [0.1, 0.15) is 19.4 Å². The third-order valence-electron chi connectivity index (χ3n) is 5.41. The Hall–Kier alpha value is -3.36. The zero-order valence-electron chi connectivity index (χ0n) is 19.6. The summed E-state index contributed by atoms with van der Waals surface area (Å²) in [6.45, 7) is 3.42. The Labute approximate surface area is 211 Å². The number of nitrogens with one attached hydrogen (secondary N) is 1. The summed E-state index contributed by atoms with van der Waals surface area (Å²) in [6.07, 6.45) is 0. The van der Waals surface area contributed by atoms with E-state index in [4.69, 9.17) is 11.6 Å². The minimum atomic E-state index is -4.05. The summed E-state index contributed by atoms with van der Waals surface area (Å²) in [5.41, 5.74) is 1.07. The molecule has 0 aliphatic heterocycles. The monoisotopic (exact) mass is 513 g/mol. The van der Waals surface area contributed by atoms with Gasteiger partial charge in [0.05, 0.1) is 10.6 Å². The standard InChI is InChI=1S/C26H28ClN3O4S/c1-3-28-26(32)20(2)29(18-21-11-10-12-22(27)17-21)25(31)19-30(23-13-6-4-7-14-23)35(33,34)24-15-8-5-9-16-24/h4-17,20H,3,18-19H2,1-2H3,(H,28,32). The number of hydrogen-bond acceptors (Lipinski definition) is 4. The number of para-hydroxylation sites is 1. The highest BCUT2D eigenvalue weighted by Gasteiger charge is 2.32. The average molecular weight is 514 g/mol. The zero-order chi connectivity index (χ0) is 25.4. The SMILES string of the molecule is CCNC(=O)C(C)N(Cc1cccc(Cl)c1)C(=O)CN(c1ccccc1)S(=O)(=O)c1ccccc1. The molecular weight excluding hydrogens is 486 g/mol. The molecule has 3 aromatic carbocycles. The molecule has 0 radical (unpaired) electrons. The van der Waals surface area contributed by atoms with Crippen molar-refractivity contribution in [3.63, 3.8) is 0 Å². The van der Waals surface area contributed by atoms with Crippen LogP contribution in [-0.4, -0.2) is 44.3 Å². The number of amides is 2. The molecule has 7 nitrogen and oxygen atoms in total. The molecule has 3 aromatic rings. The van der Waals surface area contributed by atoms with Crippen LogP contribution in [0.3, 0.4) is 0 Å². The van der Waals surface area contributed by atoms with Crippen LogP contribution in [0.4, 0.5) is 5.69 Å². The van der Waals surface area contributed by atoms with E-state index in [9.17, 15) is 18.0 Å². The summed E-state index contributed by atoms with van der Waals surface area (Å²) in [7, 11) is -4.05. The molecule has 1 atom stereocenters. The fraction of sp³-hybridized carbons (Fsp3) is 0.231. The summed E-state index contributed by atoms with van der Waals surface area (Å²) in [5, 5.41) is 3.23. The van der Waals surface area contributed by atoms with Crippen molar-refractivity contribution in [2.24, 2.45) is 0 Å². The first-order valence-electron chi connectivity index (χ1n) is 11.2.